The molecule has 1 atom stereocenters. The molecule has 0 saturated carbocycles. The Morgan fingerprint density at radius 1 is 1.47 bits per heavy atom. The van der Waals surface area contributed by atoms with Crippen LogP contribution in [0.25, 0.3) is 0 Å². The first-order chi connectivity index (χ1) is 8.15. The van der Waals surface area contributed by atoms with Gasteiger partial charge in [0.15, 0.2) is 0 Å². The molecule has 94 valence electrons. The van der Waals surface area contributed by atoms with Crippen LogP contribution in [0.1, 0.15) is 18.9 Å². The summed E-state index contributed by atoms with van der Waals surface area (Å²) in [6.45, 7) is 6.77. The van der Waals surface area contributed by atoms with Crippen LogP contribution in [0, 0.1) is 0 Å². The summed E-state index contributed by atoms with van der Waals surface area (Å²) >= 11 is 0. The van der Waals surface area contributed by atoms with Crippen LogP contribution in [0.5, 0.6) is 0 Å². The summed E-state index contributed by atoms with van der Waals surface area (Å²) in [6, 6.07) is 4.62. The SMILES string of the molecule is CC1CN(C)CCCN1Cc1ccnc(N)c1. The Morgan fingerprint density at radius 2 is 2.29 bits per heavy atom. The Labute approximate surface area is 103 Å². The molecular weight excluding hydrogens is 212 g/mol. The Balaban J connectivity index is 2.02. The minimum atomic E-state index is 0.594. The fourth-order valence-electron chi connectivity index (χ4n) is 2.48. The molecule has 1 unspecified atom stereocenters. The maximum atomic E-state index is 5.71. The van der Waals surface area contributed by atoms with Crippen molar-refractivity contribution in [1.29, 1.82) is 0 Å². The van der Waals surface area contributed by atoms with Gasteiger partial charge in [0, 0.05) is 31.9 Å². The molecule has 0 radical (unpaired) electrons. The highest BCUT2D eigenvalue weighted by molar-refractivity contribution is 5.31. The summed E-state index contributed by atoms with van der Waals surface area (Å²) in [5, 5.41) is 0. The van der Waals surface area contributed by atoms with Crippen LogP contribution in [-0.4, -0.2) is 47.5 Å². The predicted octanol–water partition coefficient (Wildman–Crippen LogP) is 1.19. The molecule has 1 aliphatic rings. The van der Waals surface area contributed by atoms with E-state index in [0.717, 1.165) is 19.6 Å². The third kappa shape index (κ3) is 3.41. The predicted molar refractivity (Wildman–Crippen MR) is 70.6 cm³/mol. The Kier molecular flexibility index (Phi) is 3.97. The average Bonchev–Trinajstić information content (AvgIpc) is 2.41. The number of anilines is 1. The molecule has 0 amide bonds. The molecule has 1 fully saturated rings. The van der Waals surface area contributed by atoms with Gasteiger partial charge < -0.3 is 10.6 Å². The van der Waals surface area contributed by atoms with E-state index in [4.69, 9.17) is 5.73 Å². The van der Waals surface area contributed by atoms with E-state index in [1.54, 1.807) is 6.20 Å². The zero-order valence-corrected chi connectivity index (χ0v) is 10.8. The molecule has 4 heteroatoms. The highest BCUT2D eigenvalue weighted by atomic mass is 15.2. The average molecular weight is 234 g/mol. The van der Waals surface area contributed by atoms with Crippen LogP contribution < -0.4 is 5.73 Å². The first kappa shape index (κ1) is 12.3. The molecule has 2 N–H and O–H groups in total. The summed E-state index contributed by atoms with van der Waals surface area (Å²) in [4.78, 5) is 8.97. The molecule has 2 rings (SSSR count). The van der Waals surface area contributed by atoms with Crippen molar-refractivity contribution in [3.05, 3.63) is 23.9 Å². The number of nitrogens with two attached hydrogens (primary N) is 1. The third-order valence-electron chi connectivity index (χ3n) is 3.42. The van der Waals surface area contributed by atoms with Crippen molar-refractivity contribution >= 4 is 5.82 Å². The zero-order chi connectivity index (χ0) is 12.3. The zero-order valence-electron chi connectivity index (χ0n) is 10.8. The number of hydrogen-bond donors (Lipinski definition) is 1. The van der Waals surface area contributed by atoms with Crippen molar-refractivity contribution in [2.45, 2.75) is 25.9 Å². The number of likely N-dealkylation sites (N-methyl/N-ethyl adjacent to an activating group) is 1. The van der Waals surface area contributed by atoms with Gasteiger partial charge >= 0.3 is 0 Å². The smallest absolute Gasteiger partial charge is 0.123 e. The molecule has 4 nitrogen and oxygen atoms in total. The highest BCUT2D eigenvalue weighted by Crippen LogP contribution is 2.13. The summed E-state index contributed by atoms with van der Waals surface area (Å²) in [6.07, 6.45) is 3.03. The molecule has 17 heavy (non-hydrogen) atoms. The lowest BCUT2D eigenvalue weighted by Crippen LogP contribution is -2.37. The van der Waals surface area contributed by atoms with Gasteiger partial charge in [-0.05, 0) is 44.6 Å². The van der Waals surface area contributed by atoms with Crippen LogP contribution in [0.15, 0.2) is 18.3 Å². The molecule has 1 saturated heterocycles. The highest BCUT2D eigenvalue weighted by Gasteiger charge is 2.19. The first-order valence-electron chi connectivity index (χ1n) is 6.28. The number of nitrogens with zero attached hydrogens (tertiary/aromatic N) is 3. The molecule has 0 spiro atoms. The van der Waals surface area contributed by atoms with Crippen molar-refractivity contribution < 1.29 is 0 Å². The van der Waals surface area contributed by atoms with E-state index in [9.17, 15) is 0 Å². The Morgan fingerprint density at radius 3 is 3.06 bits per heavy atom. The lowest BCUT2D eigenvalue weighted by atomic mass is 10.2. The van der Waals surface area contributed by atoms with Gasteiger partial charge in [-0.25, -0.2) is 4.98 Å². The van der Waals surface area contributed by atoms with Crippen LogP contribution in [0.3, 0.4) is 0 Å². The van der Waals surface area contributed by atoms with Crippen LogP contribution in [0.2, 0.25) is 0 Å². The van der Waals surface area contributed by atoms with Crippen molar-refractivity contribution in [3.63, 3.8) is 0 Å². The van der Waals surface area contributed by atoms with Gasteiger partial charge in [-0.1, -0.05) is 0 Å². The molecular formula is C13H22N4. The van der Waals surface area contributed by atoms with Gasteiger partial charge in [0.05, 0.1) is 0 Å². The van der Waals surface area contributed by atoms with E-state index < -0.39 is 0 Å². The summed E-state index contributed by atoms with van der Waals surface area (Å²) < 4.78 is 0. The van der Waals surface area contributed by atoms with Gasteiger partial charge in [-0.2, -0.15) is 0 Å². The van der Waals surface area contributed by atoms with E-state index in [1.165, 1.54) is 18.5 Å². The number of aromatic nitrogens is 1. The number of pyridine rings is 1. The normalized spacial score (nSPS) is 23.5. The second-order valence-electron chi connectivity index (χ2n) is 5.02. The monoisotopic (exact) mass is 234 g/mol. The number of hydrogen-bond acceptors (Lipinski definition) is 4. The molecule has 0 bridgehead atoms. The third-order valence-corrected chi connectivity index (χ3v) is 3.42. The Hall–Kier alpha value is -1.13. The molecule has 0 aromatic carbocycles. The van der Waals surface area contributed by atoms with Gasteiger partial charge in [-0.15, -0.1) is 0 Å². The minimum Gasteiger partial charge on any atom is -0.384 e. The number of nitrogen functional groups attached to an aromatic ring is 1. The van der Waals surface area contributed by atoms with Gasteiger partial charge in [-0.3, -0.25) is 4.90 Å². The first-order valence-corrected chi connectivity index (χ1v) is 6.28. The van der Waals surface area contributed by atoms with Crippen LogP contribution >= 0.6 is 0 Å². The van der Waals surface area contributed by atoms with E-state index in [1.807, 2.05) is 6.07 Å². The molecule has 1 aliphatic heterocycles. The second kappa shape index (κ2) is 5.47. The van der Waals surface area contributed by atoms with Crippen LogP contribution in [-0.2, 0) is 6.54 Å². The minimum absolute atomic E-state index is 0.594. The summed E-state index contributed by atoms with van der Waals surface area (Å²) in [5.74, 6) is 0.613. The van der Waals surface area contributed by atoms with E-state index in [2.05, 4.69) is 34.8 Å². The van der Waals surface area contributed by atoms with Crippen molar-refractivity contribution in [3.8, 4) is 0 Å². The second-order valence-corrected chi connectivity index (χ2v) is 5.02. The Bertz CT molecular complexity index is 366. The molecule has 2 heterocycles. The van der Waals surface area contributed by atoms with Crippen molar-refractivity contribution in [1.82, 2.24) is 14.8 Å². The van der Waals surface area contributed by atoms with Crippen molar-refractivity contribution in [2.75, 3.05) is 32.4 Å². The topological polar surface area (TPSA) is 45.4 Å². The molecule has 1 aromatic heterocycles. The van der Waals surface area contributed by atoms with Gasteiger partial charge in [0.25, 0.3) is 0 Å². The quantitative estimate of drug-likeness (QED) is 0.835. The van der Waals surface area contributed by atoms with Gasteiger partial charge in [0.1, 0.15) is 5.82 Å². The van der Waals surface area contributed by atoms with E-state index in [-0.39, 0.29) is 0 Å². The maximum Gasteiger partial charge on any atom is 0.123 e. The maximum absolute atomic E-state index is 5.71. The summed E-state index contributed by atoms with van der Waals surface area (Å²) in [7, 11) is 2.20. The standard InChI is InChI=1S/C13H22N4/c1-11-9-16(2)6-3-7-17(11)10-12-4-5-15-13(14)8-12/h4-5,8,11H,3,6-7,9-10H2,1-2H3,(H2,14,15). The van der Waals surface area contributed by atoms with E-state index in [0.29, 0.717) is 11.9 Å². The van der Waals surface area contributed by atoms with E-state index >= 15 is 0 Å². The molecule has 1 aromatic rings. The lowest BCUT2D eigenvalue weighted by molar-refractivity contribution is 0.194. The fraction of sp³-hybridized carbons (Fsp3) is 0.615. The molecule has 0 aliphatic carbocycles. The van der Waals surface area contributed by atoms with Crippen molar-refractivity contribution in [2.24, 2.45) is 0 Å². The lowest BCUT2D eigenvalue weighted by Gasteiger charge is -2.27. The largest absolute Gasteiger partial charge is 0.384 e. The fourth-order valence-corrected chi connectivity index (χ4v) is 2.48. The number of rotatable bonds is 2. The summed E-state index contributed by atoms with van der Waals surface area (Å²) in [5.41, 5.74) is 6.97. The van der Waals surface area contributed by atoms with Gasteiger partial charge in [0.2, 0.25) is 0 Å². The van der Waals surface area contributed by atoms with Crippen LogP contribution in [0.4, 0.5) is 5.82 Å².